The summed E-state index contributed by atoms with van der Waals surface area (Å²) in [5.41, 5.74) is 4.60. The minimum Gasteiger partial charge on any atom is -0.388 e. The van der Waals surface area contributed by atoms with Gasteiger partial charge in [0.15, 0.2) is 0 Å². The van der Waals surface area contributed by atoms with Crippen LogP contribution in [0.25, 0.3) is 0 Å². The molecule has 0 spiro atoms. The van der Waals surface area contributed by atoms with Crippen molar-refractivity contribution < 1.29 is 9.90 Å². The summed E-state index contributed by atoms with van der Waals surface area (Å²) >= 11 is 0. The van der Waals surface area contributed by atoms with Gasteiger partial charge < -0.3 is 16.2 Å². The zero-order chi connectivity index (χ0) is 14.0. The molecule has 0 bridgehead atoms. The predicted octanol–water partition coefficient (Wildman–Crippen LogP) is 1.81. The number of hydrogen-bond acceptors (Lipinski definition) is 3. The number of amides is 1. The van der Waals surface area contributed by atoms with Crippen molar-refractivity contribution >= 4 is 5.91 Å². The summed E-state index contributed by atoms with van der Waals surface area (Å²) < 4.78 is 0. The van der Waals surface area contributed by atoms with Gasteiger partial charge in [-0.1, -0.05) is 26.7 Å². The van der Waals surface area contributed by atoms with E-state index in [9.17, 15) is 9.90 Å². The van der Waals surface area contributed by atoms with E-state index in [0.717, 1.165) is 32.2 Å². The van der Waals surface area contributed by atoms with E-state index in [4.69, 9.17) is 5.73 Å². The maximum atomic E-state index is 11.6. The van der Waals surface area contributed by atoms with Crippen LogP contribution in [0.15, 0.2) is 0 Å². The maximum Gasteiger partial charge on any atom is 0.220 e. The van der Waals surface area contributed by atoms with Gasteiger partial charge in [-0.3, -0.25) is 4.79 Å². The zero-order valence-corrected chi connectivity index (χ0v) is 12.2. The second-order valence-corrected chi connectivity index (χ2v) is 5.82. The van der Waals surface area contributed by atoms with Gasteiger partial charge in [-0.2, -0.15) is 0 Å². The molecular formula is C14H30N2O2. The summed E-state index contributed by atoms with van der Waals surface area (Å²) in [6, 6.07) is 0. The molecule has 0 fully saturated rings. The molecule has 4 N–H and O–H groups in total. The van der Waals surface area contributed by atoms with Crippen molar-refractivity contribution in [3.8, 4) is 0 Å². The van der Waals surface area contributed by atoms with Crippen LogP contribution in [0.3, 0.4) is 0 Å². The van der Waals surface area contributed by atoms with Crippen molar-refractivity contribution in [1.82, 2.24) is 5.32 Å². The van der Waals surface area contributed by atoms with Crippen molar-refractivity contribution in [3.63, 3.8) is 0 Å². The molecule has 0 aliphatic carbocycles. The van der Waals surface area contributed by atoms with Gasteiger partial charge in [0, 0.05) is 13.0 Å². The van der Waals surface area contributed by atoms with Crippen LogP contribution in [0, 0.1) is 5.92 Å². The third kappa shape index (κ3) is 10.5. The van der Waals surface area contributed by atoms with Crippen LogP contribution >= 0.6 is 0 Å². The fourth-order valence-electron chi connectivity index (χ4n) is 2.11. The molecule has 1 atom stereocenters. The van der Waals surface area contributed by atoms with Crippen LogP contribution < -0.4 is 11.1 Å². The van der Waals surface area contributed by atoms with Crippen molar-refractivity contribution in [2.75, 3.05) is 13.1 Å². The first kappa shape index (κ1) is 17.4. The van der Waals surface area contributed by atoms with Crippen LogP contribution in [0.4, 0.5) is 0 Å². The third-order valence-electron chi connectivity index (χ3n) is 2.87. The first-order chi connectivity index (χ1) is 8.37. The van der Waals surface area contributed by atoms with Crippen molar-refractivity contribution in [2.24, 2.45) is 11.7 Å². The number of rotatable bonds is 10. The highest BCUT2D eigenvalue weighted by Gasteiger charge is 2.22. The van der Waals surface area contributed by atoms with Crippen LogP contribution in [0.2, 0.25) is 0 Å². The highest BCUT2D eigenvalue weighted by molar-refractivity contribution is 5.75. The molecule has 0 rings (SSSR count). The van der Waals surface area contributed by atoms with Crippen LogP contribution in [-0.2, 0) is 4.79 Å². The Balaban J connectivity index is 3.63. The molecule has 0 aliphatic rings. The normalized spacial score (nSPS) is 14.6. The highest BCUT2D eigenvalue weighted by Crippen LogP contribution is 2.15. The predicted molar refractivity (Wildman–Crippen MR) is 75.2 cm³/mol. The van der Waals surface area contributed by atoms with Crippen molar-refractivity contribution in [1.29, 1.82) is 0 Å². The largest absolute Gasteiger partial charge is 0.388 e. The fourth-order valence-corrected chi connectivity index (χ4v) is 2.11. The topological polar surface area (TPSA) is 75.3 Å². The van der Waals surface area contributed by atoms with Crippen LogP contribution in [-0.4, -0.2) is 29.7 Å². The quantitative estimate of drug-likeness (QED) is 0.523. The molecule has 0 aliphatic heterocycles. The molecule has 0 saturated carbocycles. The van der Waals surface area contributed by atoms with E-state index in [1.807, 2.05) is 0 Å². The number of unbranched alkanes of at least 4 members (excludes halogenated alkanes) is 3. The van der Waals surface area contributed by atoms with Crippen LogP contribution in [0.1, 0.15) is 59.3 Å². The van der Waals surface area contributed by atoms with Crippen molar-refractivity contribution in [3.05, 3.63) is 0 Å². The van der Waals surface area contributed by atoms with Gasteiger partial charge >= 0.3 is 0 Å². The average molecular weight is 258 g/mol. The first-order valence-corrected chi connectivity index (χ1v) is 7.06. The molecule has 108 valence electrons. The molecule has 0 aromatic carbocycles. The fraction of sp³-hybridized carbons (Fsp3) is 0.929. The lowest BCUT2D eigenvalue weighted by atomic mass is 9.94. The second-order valence-electron chi connectivity index (χ2n) is 5.82. The Labute approximate surface area is 111 Å². The number of hydrogen-bond donors (Lipinski definition) is 3. The summed E-state index contributed by atoms with van der Waals surface area (Å²) in [4.78, 5) is 11.6. The molecule has 1 amide bonds. The van der Waals surface area contributed by atoms with Gasteiger partial charge in [-0.05, 0) is 38.6 Å². The molecule has 0 aromatic rings. The highest BCUT2D eigenvalue weighted by atomic mass is 16.3. The number of nitrogens with one attached hydrogen (secondary N) is 1. The maximum absolute atomic E-state index is 11.6. The Bertz CT molecular complexity index is 228. The Hall–Kier alpha value is -0.610. The third-order valence-corrected chi connectivity index (χ3v) is 2.87. The van der Waals surface area contributed by atoms with E-state index >= 15 is 0 Å². The molecule has 0 radical (unpaired) electrons. The summed E-state index contributed by atoms with van der Waals surface area (Å²) in [5, 5.41) is 12.9. The lowest BCUT2D eigenvalue weighted by Crippen LogP contribution is -2.41. The number of aliphatic hydroxyl groups is 1. The van der Waals surface area contributed by atoms with E-state index in [2.05, 4.69) is 19.2 Å². The molecule has 4 nitrogen and oxygen atoms in total. The average Bonchev–Trinajstić information content (AvgIpc) is 2.24. The minimum atomic E-state index is -0.802. The molecular weight excluding hydrogens is 228 g/mol. The van der Waals surface area contributed by atoms with E-state index in [-0.39, 0.29) is 5.91 Å². The summed E-state index contributed by atoms with van der Waals surface area (Å²) in [5.74, 6) is 0.458. The van der Waals surface area contributed by atoms with E-state index in [1.165, 1.54) is 0 Å². The summed E-state index contributed by atoms with van der Waals surface area (Å²) in [7, 11) is 0. The molecule has 18 heavy (non-hydrogen) atoms. The molecule has 0 aromatic heterocycles. The van der Waals surface area contributed by atoms with E-state index < -0.39 is 5.60 Å². The Morgan fingerprint density at radius 1 is 1.28 bits per heavy atom. The number of nitrogens with two attached hydrogens (primary N) is 1. The van der Waals surface area contributed by atoms with Gasteiger partial charge in [0.2, 0.25) is 5.91 Å². The van der Waals surface area contributed by atoms with E-state index in [1.54, 1.807) is 6.92 Å². The Morgan fingerprint density at radius 3 is 2.44 bits per heavy atom. The van der Waals surface area contributed by atoms with Gasteiger partial charge in [0.1, 0.15) is 0 Å². The monoisotopic (exact) mass is 258 g/mol. The van der Waals surface area contributed by atoms with Crippen LogP contribution in [0.5, 0.6) is 0 Å². The van der Waals surface area contributed by atoms with Gasteiger partial charge in [0.25, 0.3) is 0 Å². The van der Waals surface area contributed by atoms with E-state index in [0.29, 0.717) is 25.3 Å². The first-order valence-electron chi connectivity index (χ1n) is 7.06. The minimum absolute atomic E-state index is 0.0341. The summed E-state index contributed by atoms with van der Waals surface area (Å²) in [6.45, 7) is 6.97. The second kappa shape index (κ2) is 9.34. The molecule has 1 unspecified atom stereocenters. The molecule has 0 saturated heterocycles. The Kier molecular flexibility index (Phi) is 9.02. The lowest BCUT2D eigenvalue weighted by Gasteiger charge is -2.25. The standard InChI is InChI=1S/C14H30N2O2/c1-12(2)10-14(3,18)11-16-13(17)8-6-4-5-7-9-15/h12,18H,4-11,15H2,1-3H3,(H,16,17). The molecule has 0 heterocycles. The smallest absolute Gasteiger partial charge is 0.220 e. The van der Waals surface area contributed by atoms with Gasteiger partial charge in [-0.25, -0.2) is 0 Å². The molecule has 4 heteroatoms. The SMILES string of the molecule is CC(C)CC(C)(O)CNC(=O)CCCCCCN. The van der Waals surface area contributed by atoms with Gasteiger partial charge in [0.05, 0.1) is 5.60 Å². The number of carbonyl (C=O) groups is 1. The summed E-state index contributed by atoms with van der Waals surface area (Å²) in [6.07, 6.45) is 5.32. The van der Waals surface area contributed by atoms with Gasteiger partial charge in [-0.15, -0.1) is 0 Å². The zero-order valence-electron chi connectivity index (χ0n) is 12.2. The van der Waals surface area contributed by atoms with Crippen molar-refractivity contribution in [2.45, 2.75) is 64.9 Å². The lowest BCUT2D eigenvalue weighted by molar-refractivity contribution is -0.122. The Morgan fingerprint density at radius 2 is 1.89 bits per heavy atom. The number of carbonyl (C=O) groups excluding carboxylic acids is 1.